The topological polar surface area (TPSA) is 35.6 Å². The number of ketones is 1. The minimum Gasteiger partial charge on any atom is -0.369 e. The molecule has 1 aliphatic heterocycles. The number of carbonyl (C=O) groups is 1. The minimum absolute atomic E-state index is 0.178. The third-order valence-corrected chi connectivity index (χ3v) is 4.96. The van der Waals surface area contributed by atoms with Crippen LogP contribution in [0.4, 0.5) is 5.69 Å². The molecule has 2 rings (SSSR count). The Balaban J connectivity index is 2.22. The average molecular weight is 315 g/mol. The summed E-state index contributed by atoms with van der Waals surface area (Å²) in [6.07, 6.45) is 3.27. The van der Waals surface area contributed by atoms with E-state index in [-0.39, 0.29) is 5.78 Å². The highest BCUT2D eigenvalue weighted by atomic mass is 16.1. The van der Waals surface area contributed by atoms with Crippen LogP contribution in [0.3, 0.4) is 0 Å². The second-order valence-electron chi connectivity index (χ2n) is 6.39. The van der Waals surface area contributed by atoms with Gasteiger partial charge in [-0.2, -0.15) is 0 Å². The normalized spacial score (nSPS) is 17.8. The molecule has 0 bridgehead atoms. The lowest BCUT2D eigenvalue weighted by Gasteiger charge is -2.37. The molecule has 126 valence electrons. The van der Waals surface area contributed by atoms with Crippen molar-refractivity contribution < 1.29 is 4.79 Å². The summed E-state index contributed by atoms with van der Waals surface area (Å²) >= 11 is 0. The zero-order chi connectivity index (χ0) is 16.9. The Kier molecular flexibility index (Phi) is 5.97. The van der Waals surface area contributed by atoms with Crippen LogP contribution in [-0.2, 0) is 0 Å². The van der Waals surface area contributed by atoms with Gasteiger partial charge in [-0.3, -0.25) is 9.69 Å². The summed E-state index contributed by atoms with van der Waals surface area (Å²) in [5, 5.41) is 3.36. The number of nitrogens with zero attached hydrogens (tertiary/aromatic N) is 2. The summed E-state index contributed by atoms with van der Waals surface area (Å²) in [6, 6.07) is 8.08. The molecule has 1 heterocycles. The van der Waals surface area contributed by atoms with E-state index in [0.717, 1.165) is 38.2 Å². The van der Waals surface area contributed by atoms with Gasteiger partial charge >= 0.3 is 0 Å². The predicted octanol–water partition coefficient (Wildman–Crippen LogP) is 2.57. The van der Waals surface area contributed by atoms with Crippen LogP contribution >= 0.6 is 0 Å². The molecule has 1 fully saturated rings. The van der Waals surface area contributed by atoms with Crippen molar-refractivity contribution in [2.75, 3.05) is 45.2 Å². The van der Waals surface area contributed by atoms with Gasteiger partial charge in [-0.1, -0.05) is 13.0 Å². The van der Waals surface area contributed by atoms with Gasteiger partial charge < -0.3 is 10.2 Å². The van der Waals surface area contributed by atoms with Crippen LogP contribution in [0.25, 0.3) is 0 Å². The Labute approximate surface area is 140 Å². The van der Waals surface area contributed by atoms with E-state index in [1.165, 1.54) is 5.69 Å². The molecule has 1 aromatic rings. The number of hydrogen-bond donors (Lipinski definition) is 1. The number of hydrogen-bond acceptors (Lipinski definition) is 4. The van der Waals surface area contributed by atoms with E-state index in [9.17, 15) is 4.79 Å². The lowest BCUT2D eigenvalue weighted by molar-refractivity contribution is 0.0673. The molecule has 0 aliphatic carbocycles. The lowest BCUT2D eigenvalue weighted by atomic mass is 9.82. The summed E-state index contributed by atoms with van der Waals surface area (Å²) in [4.78, 5) is 17.5. The molecule has 1 saturated heterocycles. The quantitative estimate of drug-likeness (QED) is 0.620. The maximum atomic E-state index is 13.1. The van der Waals surface area contributed by atoms with Crippen molar-refractivity contribution in [3.8, 4) is 0 Å². The second-order valence-corrected chi connectivity index (χ2v) is 6.39. The second kappa shape index (κ2) is 7.75. The number of likely N-dealkylation sites (N-methyl/N-ethyl adjacent to an activating group) is 1. The molecule has 1 unspecified atom stereocenters. The highest BCUT2D eigenvalue weighted by molar-refractivity contribution is 6.03. The number of piperazine rings is 1. The molecule has 0 amide bonds. The molecule has 0 radical (unpaired) electrons. The van der Waals surface area contributed by atoms with Crippen LogP contribution in [-0.4, -0.2) is 56.5 Å². The zero-order valence-electron chi connectivity index (χ0n) is 14.6. The fraction of sp³-hybridized carbons (Fsp3) is 0.526. The molecule has 1 aromatic carbocycles. The van der Waals surface area contributed by atoms with Crippen molar-refractivity contribution in [1.29, 1.82) is 0 Å². The number of nitrogens with one attached hydrogen (secondary N) is 1. The Hall–Kier alpha value is -1.65. The van der Waals surface area contributed by atoms with Crippen LogP contribution in [0.5, 0.6) is 0 Å². The first-order valence-corrected chi connectivity index (χ1v) is 8.44. The van der Waals surface area contributed by atoms with E-state index in [0.29, 0.717) is 6.42 Å². The fourth-order valence-electron chi connectivity index (χ4n) is 3.35. The lowest BCUT2D eigenvalue weighted by Crippen LogP contribution is -2.50. The molecule has 4 heteroatoms. The van der Waals surface area contributed by atoms with Gasteiger partial charge in [-0.05, 0) is 51.2 Å². The van der Waals surface area contributed by atoms with Gasteiger partial charge in [0.05, 0.1) is 5.54 Å². The number of rotatable bonds is 7. The van der Waals surface area contributed by atoms with Gasteiger partial charge in [0.1, 0.15) is 0 Å². The SMILES string of the molecule is C=CCC(CC)(C(=O)c1ccc(N2CCNCC2)cc1)N(C)C. The van der Waals surface area contributed by atoms with Crippen LogP contribution in [0.15, 0.2) is 36.9 Å². The van der Waals surface area contributed by atoms with Crippen molar-refractivity contribution in [1.82, 2.24) is 10.2 Å². The van der Waals surface area contributed by atoms with Crippen molar-refractivity contribution in [2.24, 2.45) is 0 Å². The van der Waals surface area contributed by atoms with E-state index in [4.69, 9.17) is 0 Å². The van der Waals surface area contributed by atoms with E-state index in [2.05, 4.69) is 35.9 Å². The third kappa shape index (κ3) is 3.65. The van der Waals surface area contributed by atoms with E-state index in [1.807, 2.05) is 37.2 Å². The maximum Gasteiger partial charge on any atom is 0.183 e. The van der Waals surface area contributed by atoms with Gasteiger partial charge in [0.25, 0.3) is 0 Å². The zero-order valence-corrected chi connectivity index (χ0v) is 14.6. The van der Waals surface area contributed by atoms with Crippen LogP contribution in [0.1, 0.15) is 30.1 Å². The number of benzene rings is 1. The Bertz CT molecular complexity index is 532. The Morgan fingerprint density at radius 3 is 2.39 bits per heavy atom. The first-order chi connectivity index (χ1) is 11.0. The summed E-state index contributed by atoms with van der Waals surface area (Å²) in [5.74, 6) is 0.178. The van der Waals surface area contributed by atoms with Gasteiger partial charge in [0, 0.05) is 37.4 Å². The first-order valence-electron chi connectivity index (χ1n) is 8.44. The monoisotopic (exact) mass is 315 g/mol. The molecule has 0 aromatic heterocycles. The summed E-state index contributed by atoms with van der Waals surface area (Å²) in [6.45, 7) is 9.96. The predicted molar refractivity (Wildman–Crippen MR) is 97.4 cm³/mol. The highest BCUT2D eigenvalue weighted by Gasteiger charge is 2.38. The van der Waals surface area contributed by atoms with E-state index in [1.54, 1.807) is 0 Å². The fourth-order valence-corrected chi connectivity index (χ4v) is 3.35. The number of Topliss-reactive ketones (excluding diaryl/α,β-unsaturated/α-hetero) is 1. The van der Waals surface area contributed by atoms with Crippen molar-refractivity contribution in [2.45, 2.75) is 25.3 Å². The molecule has 0 saturated carbocycles. The number of anilines is 1. The Morgan fingerprint density at radius 2 is 1.91 bits per heavy atom. The molecular weight excluding hydrogens is 286 g/mol. The molecular formula is C19H29N3O. The standard InChI is InChI=1S/C19H29N3O/c1-5-11-19(6-2,21(3)4)18(23)16-7-9-17(10-8-16)22-14-12-20-13-15-22/h5,7-10,20H,1,6,11-15H2,2-4H3. The van der Waals surface area contributed by atoms with Gasteiger partial charge in [0.2, 0.25) is 0 Å². The maximum absolute atomic E-state index is 13.1. The van der Waals surface area contributed by atoms with Crippen molar-refractivity contribution in [3.05, 3.63) is 42.5 Å². The summed E-state index contributed by atoms with van der Waals surface area (Å²) in [5.41, 5.74) is 1.47. The average Bonchev–Trinajstić information content (AvgIpc) is 2.60. The summed E-state index contributed by atoms with van der Waals surface area (Å²) < 4.78 is 0. The van der Waals surface area contributed by atoms with E-state index >= 15 is 0 Å². The van der Waals surface area contributed by atoms with Gasteiger partial charge in [-0.25, -0.2) is 0 Å². The summed E-state index contributed by atoms with van der Waals surface area (Å²) in [7, 11) is 3.94. The van der Waals surface area contributed by atoms with Crippen LogP contribution < -0.4 is 10.2 Å². The largest absolute Gasteiger partial charge is 0.369 e. The molecule has 1 N–H and O–H groups in total. The molecule has 0 spiro atoms. The minimum atomic E-state index is -0.502. The van der Waals surface area contributed by atoms with E-state index < -0.39 is 5.54 Å². The van der Waals surface area contributed by atoms with Crippen LogP contribution in [0.2, 0.25) is 0 Å². The van der Waals surface area contributed by atoms with Crippen molar-refractivity contribution in [3.63, 3.8) is 0 Å². The van der Waals surface area contributed by atoms with Crippen LogP contribution in [0, 0.1) is 0 Å². The molecule has 1 aliphatic rings. The number of carbonyl (C=O) groups excluding carboxylic acids is 1. The highest BCUT2D eigenvalue weighted by Crippen LogP contribution is 2.28. The van der Waals surface area contributed by atoms with Gasteiger partial charge in [0.15, 0.2) is 5.78 Å². The molecule has 23 heavy (non-hydrogen) atoms. The molecule has 4 nitrogen and oxygen atoms in total. The van der Waals surface area contributed by atoms with Crippen molar-refractivity contribution >= 4 is 11.5 Å². The first kappa shape index (κ1) is 17.7. The Morgan fingerprint density at radius 1 is 1.30 bits per heavy atom. The third-order valence-electron chi connectivity index (χ3n) is 4.96. The molecule has 1 atom stereocenters. The smallest absolute Gasteiger partial charge is 0.183 e. The van der Waals surface area contributed by atoms with Gasteiger partial charge in [-0.15, -0.1) is 6.58 Å².